The molecule has 0 spiro atoms. The van der Waals surface area contributed by atoms with Crippen molar-refractivity contribution in [2.45, 2.75) is 6.92 Å². The Labute approximate surface area is 171 Å². The van der Waals surface area contributed by atoms with E-state index in [1.807, 2.05) is 0 Å². The van der Waals surface area contributed by atoms with E-state index < -0.39 is 0 Å². The largest absolute Gasteiger partial charge is 0.462 e. The maximum atomic E-state index is 13.4. The normalized spacial score (nSPS) is 11.4. The van der Waals surface area contributed by atoms with Crippen LogP contribution in [0, 0.1) is 17.1 Å². The number of ether oxygens (including phenoxy) is 1. The van der Waals surface area contributed by atoms with Gasteiger partial charge in [-0.1, -0.05) is 12.1 Å². The van der Waals surface area contributed by atoms with Crippen molar-refractivity contribution in [1.82, 2.24) is 9.97 Å². The monoisotopic (exact) mass is 401 g/mol. The Balaban J connectivity index is 1.60. The van der Waals surface area contributed by atoms with Crippen molar-refractivity contribution in [1.29, 1.82) is 5.26 Å². The van der Waals surface area contributed by atoms with Gasteiger partial charge in [0.15, 0.2) is 0 Å². The van der Waals surface area contributed by atoms with Crippen molar-refractivity contribution in [3.05, 3.63) is 77.6 Å². The van der Waals surface area contributed by atoms with Gasteiger partial charge in [-0.2, -0.15) is 5.26 Å². The number of hydrogen-bond acceptors (Lipinski definition) is 5. The van der Waals surface area contributed by atoms with Crippen LogP contribution < -0.4 is 0 Å². The minimum absolute atomic E-state index is 0.255. The molecule has 0 aliphatic rings. The minimum atomic E-state index is -0.384. The van der Waals surface area contributed by atoms with Gasteiger partial charge in [0.25, 0.3) is 0 Å². The summed E-state index contributed by atoms with van der Waals surface area (Å²) in [6, 6.07) is 16.6. The summed E-state index contributed by atoms with van der Waals surface area (Å²) in [4.78, 5) is 19.0. The summed E-state index contributed by atoms with van der Waals surface area (Å²) >= 11 is 0. The Bertz CT molecular complexity index is 1290. The topological polar surface area (TPSA) is 91.9 Å². The lowest BCUT2D eigenvalue weighted by atomic mass is 10.1. The first-order chi connectivity index (χ1) is 14.6. The van der Waals surface area contributed by atoms with Crippen LogP contribution in [0.4, 0.5) is 4.39 Å². The lowest BCUT2D eigenvalue weighted by Gasteiger charge is -2.02. The summed E-state index contributed by atoms with van der Waals surface area (Å²) in [7, 11) is 0. The molecule has 0 radical (unpaired) electrons. The summed E-state index contributed by atoms with van der Waals surface area (Å²) in [6.07, 6.45) is 1.56. The second-order valence-electron chi connectivity index (χ2n) is 6.42. The standard InChI is InChI=1S/C23H16FN3O3/c1-2-29-23(28)15-5-3-14(4-6-15)21-10-8-18(30-21)11-16(13-25)22-26-19-9-7-17(24)12-20(19)27-22/h3-12H,2H2,1H3,(H,26,27)/b16-11-. The Hall–Kier alpha value is -4.18. The summed E-state index contributed by atoms with van der Waals surface area (Å²) in [5, 5.41) is 9.53. The van der Waals surface area contributed by atoms with E-state index in [-0.39, 0.29) is 17.4 Å². The predicted molar refractivity (Wildman–Crippen MR) is 110 cm³/mol. The number of nitrogens with one attached hydrogen (secondary N) is 1. The van der Waals surface area contributed by atoms with E-state index in [0.717, 1.165) is 5.56 Å². The Morgan fingerprint density at radius 1 is 1.23 bits per heavy atom. The molecule has 0 amide bonds. The third-order valence-electron chi connectivity index (χ3n) is 4.41. The van der Waals surface area contributed by atoms with Gasteiger partial charge in [0.2, 0.25) is 0 Å². The second-order valence-corrected chi connectivity index (χ2v) is 6.42. The van der Waals surface area contributed by atoms with E-state index in [0.29, 0.717) is 40.5 Å². The van der Waals surface area contributed by atoms with E-state index in [1.165, 1.54) is 12.1 Å². The number of rotatable bonds is 5. The Morgan fingerprint density at radius 2 is 2.03 bits per heavy atom. The van der Waals surface area contributed by atoms with Gasteiger partial charge in [0, 0.05) is 11.6 Å². The first-order valence-electron chi connectivity index (χ1n) is 9.22. The molecule has 4 rings (SSSR count). The third kappa shape index (κ3) is 3.84. The molecule has 0 saturated carbocycles. The van der Waals surface area contributed by atoms with Crippen LogP contribution in [-0.2, 0) is 4.74 Å². The van der Waals surface area contributed by atoms with Crippen LogP contribution >= 0.6 is 0 Å². The highest BCUT2D eigenvalue weighted by Crippen LogP contribution is 2.26. The number of benzene rings is 2. The van der Waals surface area contributed by atoms with Gasteiger partial charge in [-0.3, -0.25) is 0 Å². The van der Waals surface area contributed by atoms with E-state index in [9.17, 15) is 14.4 Å². The van der Waals surface area contributed by atoms with Crippen molar-refractivity contribution in [3.8, 4) is 17.4 Å². The lowest BCUT2D eigenvalue weighted by Crippen LogP contribution is -2.03. The summed E-state index contributed by atoms with van der Waals surface area (Å²) in [6.45, 7) is 2.07. The Morgan fingerprint density at radius 3 is 2.77 bits per heavy atom. The number of H-pyrrole nitrogens is 1. The molecule has 2 aromatic carbocycles. The number of carbonyl (C=O) groups excluding carboxylic acids is 1. The van der Waals surface area contributed by atoms with Gasteiger partial charge in [-0.05, 0) is 49.4 Å². The fourth-order valence-corrected chi connectivity index (χ4v) is 2.98. The van der Waals surface area contributed by atoms with Crippen LogP contribution in [0.1, 0.15) is 28.9 Å². The zero-order chi connectivity index (χ0) is 21.1. The van der Waals surface area contributed by atoms with Crippen molar-refractivity contribution in [2.75, 3.05) is 6.61 Å². The number of aromatic nitrogens is 2. The highest BCUT2D eigenvalue weighted by atomic mass is 19.1. The number of hydrogen-bond donors (Lipinski definition) is 1. The molecule has 0 aliphatic heterocycles. The molecule has 6 nitrogen and oxygen atoms in total. The van der Waals surface area contributed by atoms with Gasteiger partial charge in [-0.25, -0.2) is 14.2 Å². The molecule has 2 aromatic heterocycles. The molecule has 2 heterocycles. The van der Waals surface area contributed by atoms with Crippen LogP contribution in [0.15, 0.2) is 59.0 Å². The fourth-order valence-electron chi connectivity index (χ4n) is 2.98. The molecule has 0 unspecified atom stereocenters. The molecule has 0 saturated heterocycles. The average Bonchev–Trinajstić information content (AvgIpc) is 3.39. The highest BCUT2D eigenvalue weighted by molar-refractivity contribution is 5.91. The van der Waals surface area contributed by atoms with Crippen molar-refractivity contribution in [3.63, 3.8) is 0 Å². The number of furan rings is 1. The fraction of sp³-hybridized carbons (Fsp3) is 0.0870. The van der Waals surface area contributed by atoms with Crippen molar-refractivity contribution < 1.29 is 18.3 Å². The van der Waals surface area contributed by atoms with Crippen LogP contribution in [0.3, 0.4) is 0 Å². The van der Waals surface area contributed by atoms with E-state index >= 15 is 0 Å². The first kappa shape index (κ1) is 19.2. The number of allylic oxidation sites excluding steroid dienone is 1. The van der Waals surface area contributed by atoms with Crippen molar-refractivity contribution >= 4 is 28.7 Å². The predicted octanol–water partition coefficient (Wildman–Crippen LogP) is 5.20. The number of halogens is 1. The number of nitrogens with zero attached hydrogens (tertiary/aromatic N) is 2. The number of carbonyl (C=O) groups is 1. The van der Waals surface area contributed by atoms with Gasteiger partial charge in [0.1, 0.15) is 29.2 Å². The van der Waals surface area contributed by atoms with E-state index in [1.54, 1.807) is 55.5 Å². The average molecular weight is 401 g/mol. The van der Waals surface area contributed by atoms with Crippen LogP contribution in [-0.4, -0.2) is 22.5 Å². The minimum Gasteiger partial charge on any atom is -0.462 e. The van der Waals surface area contributed by atoms with Gasteiger partial charge in [-0.15, -0.1) is 0 Å². The summed E-state index contributed by atoms with van der Waals surface area (Å²) in [5.74, 6) is 0.611. The SMILES string of the molecule is CCOC(=O)c1ccc(-c2ccc(/C=C(/C#N)c3nc4ccc(F)cc4[nH]3)o2)cc1. The number of aromatic amines is 1. The lowest BCUT2D eigenvalue weighted by molar-refractivity contribution is 0.0526. The number of nitriles is 1. The van der Waals surface area contributed by atoms with Crippen LogP contribution in [0.2, 0.25) is 0 Å². The van der Waals surface area contributed by atoms with E-state index in [2.05, 4.69) is 16.0 Å². The Kier molecular flexibility index (Phi) is 5.14. The molecule has 0 aliphatic carbocycles. The van der Waals surface area contributed by atoms with Gasteiger partial charge in [0.05, 0.1) is 28.8 Å². The van der Waals surface area contributed by atoms with Gasteiger partial charge < -0.3 is 14.1 Å². The molecule has 0 bridgehead atoms. The highest BCUT2D eigenvalue weighted by Gasteiger charge is 2.11. The zero-order valence-corrected chi connectivity index (χ0v) is 16.0. The third-order valence-corrected chi connectivity index (χ3v) is 4.41. The smallest absolute Gasteiger partial charge is 0.338 e. The molecule has 0 fully saturated rings. The number of esters is 1. The first-order valence-corrected chi connectivity index (χ1v) is 9.22. The van der Waals surface area contributed by atoms with Crippen molar-refractivity contribution in [2.24, 2.45) is 0 Å². The molecule has 148 valence electrons. The summed E-state index contributed by atoms with van der Waals surface area (Å²) < 4.78 is 24.2. The number of imidazole rings is 1. The van der Waals surface area contributed by atoms with Crippen LogP contribution in [0.25, 0.3) is 34.0 Å². The quantitative estimate of drug-likeness (QED) is 0.366. The molecule has 7 heteroatoms. The molecule has 30 heavy (non-hydrogen) atoms. The molecular formula is C23H16FN3O3. The molecular weight excluding hydrogens is 385 g/mol. The van der Waals surface area contributed by atoms with E-state index in [4.69, 9.17) is 9.15 Å². The summed E-state index contributed by atoms with van der Waals surface area (Å²) in [5.41, 5.74) is 2.56. The number of fused-ring (bicyclic) bond motifs is 1. The maximum Gasteiger partial charge on any atom is 0.338 e. The molecule has 4 aromatic rings. The van der Waals surface area contributed by atoms with Gasteiger partial charge >= 0.3 is 5.97 Å². The molecule has 1 N–H and O–H groups in total. The van der Waals surface area contributed by atoms with Crippen LogP contribution in [0.5, 0.6) is 0 Å². The second kappa shape index (κ2) is 8.05. The maximum absolute atomic E-state index is 13.4. The molecule has 0 atom stereocenters. The zero-order valence-electron chi connectivity index (χ0n) is 16.0.